The predicted octanol–water partition coefficient (Wildman–Crippen LogP) is 3.49. The second-order valence-corrected chi connectivity index (χ2v) is 6.09. The van der Waals surface area contributed by atoms with Gasteiger partial charge in [0.15, 0.2) is 0 Å². The van der Waals surface area contributed by atoms with Gasteiger partial charge in [-0.25, -0.2) is 0 Å². The molecule has 100 valence electrons. The summed E-state index contributed by atoms with van der Waals surface area (Å²) >= 11 is 0. The molecule has 0 aliphatic heterocycles. The highest BCUT2D eigenvalue weighted by molar-refractivity contribution is 5.14. The molecule has 0 bridgehead atoms. The third kappa shape index (κ3) is 3.11. The van der Waals surface area contributed by atoms with Gasteiger partial charge in [-0.05, 0) is 43.9 Å². The van der Waals surface area contributed by atoms with E-state index in [2.05, 4.69) is 43.3 Å². The van der Waals surface area contributed by atoms with Gasteiger partial charge in [0.25, 0.3) is 0 Å². The lowest BCUT2D eigenvalue weighted by Crippen LogP contribution is -2.44. The summed E-state index contributed by atoms with van der Waals surface area (Å²) in [5.74, 6) is 0. The van der Waals surface area contributed by atoms with Gasteiger partial charge in [-0.15, -0.1) is 0 Å². The van der Waals surface area contributed by atoms with Crippen LogP contribution >= 0.6 is 0 Å². The third-order valence-electron chi connectivity index (χ3n) is 4.57. The van der Waals surface area contributed by atoms with Crippen LogP contribution in [0.3, 0.4) is 0 Å². The summed E-state index contributed by atoms with van der Waals surface area (Å²) in [5, 5.41) is 3.54. The van der Waals surface area contributed by atoms with E-state index in [1.165, 1.54) is 43.4 Å². The molecule has 2 nitrogen and oxygen atoms in total. The normalized spacial score (nSPS) is 20.6. The van der Waals surface area contributed by atoms with Gasteiger partial charge in [0, 0.05) is 24.4 Å². The molecule has 1 N–H and O–H groups in total. The van der Waals surface area contributed by atoms with Crippen LogP contribution in [0, 0.1) is 12.3 Å². The lowest BCUT2D eigenvalue weighted by atomic mass is 9.69. The number of hydrogen-bond donors (Lipinski definition) is 1. The summed E-state index contributed by atoms with van der Waals surface area (Å²) in [6, 6.07) is 4.89. The largest absolute Gasteiger partial charge is 0.316 e. The van der Waals surface area contributed by atoms with Gasteiger partial charge < -0.3 is 5.32 Å². The van der Waals surface area contributed by atoms with E-state index in [1.54, 1.807) is 0 Å². The smallest absolute Gasteiger partial charge is 0.0419 e. The third-order valence-corrected chi connectivity index (χ3v) is 4.57. The molecule has 1 aliphatic rings. The van der Waals surface area contributed by atoms with Crippen LogP contribution in [-0.4, -0.2) is 18.1 Å². The van der Waals surface area contributed by atoms with Crippen molar-refractivity contribution < 1.29 is 0 Å². The van der Waals surface area contributed by atoms with E-state index in [4.69, 9.17) is 0 Å². The molecule has 1 aromatic heterocycles. The van der Waals surface area contributed by atoms with Crippen molar-refractivity contribution in [2.45, 2.75) is 58.4 Å². The zero-order valence-electron chi connectivity index (χ0n) is 12.0. The number of nitrogens with zero attached hydrogens (tertiary/aromatic N) is 1. The zero-order valence-corrected chi connectivity index (χ0v) is 12.0. The molecule has 0 aromatic carbocycles. The van der Waals surface area contributed by atoms with Gasteiger partial charge in [0.1, 0.15) is 0 Å². The predicted molar refractivity (Wildman–Crippen MR) is 76.7 cm³/mol. The van der Waals surface area contributed by atoms with Gasteiger partial charge >= 0.3 is 0 Å². The molecule has 1 saturated carbocycles. The number of aromatic nitrogens is 1. The van der Waals surface area contributed by atoms with Crippen molar-refractivity contribution in [3.8, 4) is 0 Å². The van der Waals surface area contributed by atoms with Gasteiger partial charge in [-0.3, -0.25) is 4.98 Å². The van der Waals surface area contributed by atoms with Gasteiger partial charge in [-0.1, -0.05) is 32.3 Å². The van der Waals surface area contributed by atoms with Crippen LogP contribution in [0.1, 0.15) is 50.3 Å². The van der Waals surface area contributed by atoms with Gasteiger partial charge in [0.2, 0.25) is 0 Å². The maximum atomic E-state index is 4.55. The van der Waals surface area contributed by atoms with Crippen LogP contribution in [0.4, 0.5) is 0 Å². The molecule has 2 heteroatoms. The van der Waals surface area contributed by atoms with Crippen LogP contribution in [0.5, 0.6) is 0 Å². The summed E-state index contributed by atoms with van der Waals surface area (Å²) in [6.07, 6.45) is 9.91. The summed E-state index contributed by atoms with van der Waals surface area (Å²) in [5.41, 5.74) is 2.90. The van der Waals surface area contributed by atoms with Crippen molar-refractivity contribution >= 4 is 0 Å². The Balaban J connectivity index is 2.06. The number of hydrogen-bond acceptors (Lipinski definition) is 2. The van der Waals surface area contributed by atoms with Crippen LogP contribution in [0.25, 0.3) is 0 Å². The molecule has 1 aromatic rings. The number of likely N-dealkylation sites (N-methyl/N-ethyl adjacent to an activating group) is 1. The molecule has 1 fully saturated rings. The first-order valence-corrected chi connectivity index (χ1v) is 7.23. The molecule has 18 heavy (non-hydrogen) atoms. The van der Waals surface area contributed by atoms with Crippen molar-refractivity contribution in [1.29, 1.82) is 0 Å². The molecule has 0 saturated heterocycles. The lowest BCUT2D eigenvalue weighted by molar-refractivity contribution is 0.148. The quantitative estimate of drug-likeness (QED) is 0.879. The Morgan fingerprint density at radius 2 is 2.00 bits per heavy atom. The van der Waals surface area contributed by atoms with Gasteiger partial charge in [0.05, 0.1) is 0 Å². The van der Waals surface area contributed by atoms with E-state index >= 15 is 0 Å². The van der Waals surface area contributed by atoms with E-state index in [9.17, 15) is 0 Å². The molecule has 0 radical (unpaired) electrons. The highest BCUT2D eigenvalue weighted by Gasteiger charge is 2.34. The van der Waals surface area contributed by atoms with E-state index in [-0.39, 0.29) is 0 Å². The maximum Gasteiger partial charge on any atom is 0.0419 e. The molecule has 0 amide bonds. The van der Waals surface area contributed by atoms with E-state index < -0.39 is 0 Å². The first-order chi connectivity index (χ1) is 8.64. The second-order valence-electron chi connectivity index (χ2n) is 6.09. The molecule has 1 atom stereocenters. The average molecular weight is 246 g/mol. The zero-order chi connectivity index (χ0) is 13.0. The summed E-state index contributed by atoms with van der Waals surface area (Å²) in [4.78, 5) is 4.55. The highest BCUT2D eigenvalue weighted by Crippen LogP contribution is 2.39. The molecular weight excluding hydrogens is 220 g/mol. The standard InChI is InChI=1S/C16H26N2/c1-13-7-8-14(18-12-13)11-15(17-3)16(2)9-5-4-6-10-16/h7-8,12,15,17H,4-6,9-11H2,1-3H3. The van der Waals surface area contributed by atoms with Crippen LogP contribution in [0.15, 0.2) is 18.3 Å². The molecule has 0 spiro atoms. The fourth-order valence-corrected chi connectivity index (χ4v) is 3.23. The first-order valence-electron chi connectivity index (χ1n) is 7.23. The fourth-order valence-electron chi connectivity index (χ4n) is 3.23. The number of nitrogens with one attached hydrogen (secondary N) is 1. The Hall–Kier alpha value is -0.890. The SMILES string of the molecule is CNC(Cc1ccc(C)cn1)C1(C)CCCCC1. The van der Waals surface area contributed by atoms with E-state index in [0.717, 1.165) is 6.42 Å². The monoisotopic (exact) mass is 246 g/mol. The maximum absolute atomic E-state index is 4.55. The van der Waals surface area contributed by atoms with Crippen LogP contribution < -0.4 is 5.32 Å². The van der Waals surface area contributed by atoms with Crippen molar-refractivity contribution in [1.82, 2.24) is 10.3 Å². The Bertz CT molecular complexity index is 363. The van der Waals surface area contributed by atoms with Crippen molar-refractivity contribution in [3.05, 3.63) is 29.6 Å². The minimum atomic E-state index is 0.444. The summed E-state index contributed by atoms with van der Waals surface area (Å²) in [7, 11) is 2.10. The minimum Gasteiger partial charge on any atom is -0.316 e. The van der Waals surface area contributed by atoms with Crippen LogP contribution in [-0.2, 0) is 6.42 Å². The van der Waals surface area contributed by atoms with Crippen molar-refractivity contribution in [3.63, 3.8) is 0 Å². The Morgan fingerprint density at radius 3 is 2.56 bits per heavy atom. The Morgan fingerprint density at radius 1 is 1.28 bits per heavy atom. The van der Waals surface area contributed by atoms with Crippen molar-refractivity contribution in [2.75, 3.05) is 7.05 Å². The Kier molecular flexibility index (Phi) is 4.39. The Labute approximate surface area is 111 Å². The van der Waals surface area contributed by atoms with Crippen LogP contribution in [0.2, 0.25) is 0 Å². The van der Waals surface area contributed by atoms with Gasteiger partial charge in [-0.2, -0.15) is 0 Å². The second kappa shape index (κ2) is 5.83. The number of aryl methyl sites for hydroxylation is 1. The molecule has 1 aliphatic carbocycles. The summed E-state index contributed by atoms with van der Waals surface area (Å²) in [6.45, 7) is 4.54. The minimum absolute atomic E-state index is 0.444. The van der Waals surface area contributed by atoms with E-state index in [1.807, 2.05) is 6.20 Å². The number of pyridine rings is 1. The lowest BCUT2D eigenvalue weighted by Gasteiger charge is -2.40. The fraction of sp³-hybridized carbons (Fsp3) is 0.688. The average Bonchev–Trinajstić information content (AvgIpc) is 2.38. The summed E-state index contributed by atoms with van der Waals surface area (Å²) < 4.78 is 0. The van der Waals surface area contributed by atoms with Crippen molar-refractivity contribution in [2.24, 2.45) is 5.41 Å². The van der Waals surface area contributed by atoms with E-state index in [0.29, 0.717) is 11.5 Å². The molecular formula is C16H26N2. The molecule has 1 heterocycles. The molecule has 1 unspecified atom stereocenters. The first kappa shape index (κ1) is 13.5. The highest BCUT2D eigenvalue weighted by atomic mass is 14.9. The number of rotatable bonds is 4. The molecule has 2 rings (SSSR count). The topological polar surface area (TPSA) is 24.9 Å².